The van der Waals surface area contributed by atoms with E-state index in [4.69, 9.17) is 4.74 Å². The summed E-state index contributed by atoms with van der Waals surface area (Å²) in [7, 11) is 1.55. The van der Waals surface area contributed by atoms with E-state index in [1.54, 1.807) is 34.7 Å². The molecule has 2 aliphatic rings. The van der Waals surface area contributed by atoms with Crippen molar-refractivity contribution in [2.24, 2.45) is 5.92 Å². The van der Waals surface area contributed by atoms with Crippen LogP contribution in [-0.4, -0.2) is 58.4 Å². The number of amides is 1. The number of aromatic nitrogens is 1. The Morgan fingerprint density at radius 1 is 1.18 bits per heavy atom. The van der Waals surface area contributed by atoms with E-state index in [0.717, 1.165) is 12.3 Å². The molecule has 38 heavy (non-hydrogen) atoms. The molecule has 1 N–H and O–H groups in total. The van der Waals surface area contributed by atoms with Gasteiger partial charge in [0.2, 0.25) is 5.43 Å². The molecule has 2 aromatic rings. The van der Waals surface area contributed by atoms with Gasteiger partial charge in [-0.25, -0.2) is 14.0 Å². The minimum atomic E-state index is -5.03. The Morgan fingerprint density at radius 3 is 2.34 bits per heavy atom. The molecule has 4 rings (SSSR count). The van der Waals surface area contributed by atoms with Crippen LogP contribution in [0.2, 0.25) is 0 Å². The van der Waals surface area contributed by atoms with Crippen LogP contribution in [0, 0.1) is 11.7 Å². The Hall–Kier alpha value is -3.31. The predicted octanol–water partition coefficient (Wildman–Crippen LogP) is 5.27. The maximum absolute atomic E-state index is 15.5. The summed E-state index contributed by atoms with van der Waals surface area (Å²) in [6, 6.07) is -0.100. The predicted molar refractivity (Wildman–Crippen MR) is 132 cm³/mol. The van der Waals surface area contributed by atoms with Crippen molar-refractivity contribution in [3.63, 3.8) is 0 Å². The van der Waals surface area contributed by atoms with Crippen molar-refractivity contribution in [3.8, 4) is 0 Å². The van der Waals surface area contributed by atoms with E-state index in [0.29, 0.717) is 19.3 Å². The molecule has 1 unspecified atom stereocenters. The van der Waals surface area contributed by atoms with Gasteiger partial charge in [0.15, 0.2) is 0 Å². The normalized spacial score (nSPS) is 19.1. The summed E-state index contributed by atoms with van der Waals surface area (Å²) in [6.45, 7) is 7.08. The Bertz CT molecular complexity index is 1340. The summed E-state index contributed by atoms with van der Waals surface area (Å²) >= 11 is 0. The zero-order valence-corrected chi connectivity index (χ0v) is 21.9. The van der Waals surface area contributed by atoms with Gasteiger partial charge >= 0.3 is 18.2 Å². The van der Waals surface area contributed by atoms with Crippen molar-refractivity contribution >= 4 is 28.7 Å². The number of nitrogens with zero attached hydrogens (tertiary/aromatic N) is 3. The quantitative estimate of drug-likeness (QED) is 0.519. The Labute approximate surface area is 216 Å². The molecule has 12 heteroatoms. The summed E-state index contributed by atoms with van der Waals surface area (Å²) in [4.78, 5) is 39.6. The molecule has 1 aliphatic heterocycles. The van der Waals surface area contributed by atoms with E-state index in [1.807, 2.05) is 0 Å². The summed E-state index contributed by atoms with van der Waals surface area (Å²) in [5.74, 6) is -3.11. The third kappa shape index (κ3) is 5.17. The summed E-state index contributed by atoms with van der Waals surface area (Å²) in [5, 5.41) is 8.82. The second-order valence-electron chi connectivity index (χ2n) is 11.1. The maximum Gasteiger partial charge on any atom is 0.420 e. The average Bonchev–Trinajstić information content (AvgIpc) is 3.52. The number of carbonyl (C=O) groups is 2. The number of hydrogen-bond donors (Lipinski definition) is 1. The van der Waals surface area contributed by atoms with Crippen LogP contribution in [0.5, 0.6) is 0 Å². The molecule has 1 aromatic carbocycles. The smallest absolute Gasteiger partial charge is 0.420 e. The van der Waals surface area contributed by atoms with Crippen molar-refractivity contribution < 1.29 is 37.0 Å². The van der Waals surface area contributed by atoms with E-state index >= 15 is 4.39 Å². The van der Waals surface area contributed by atoms with E-state index in [-0.39, 0.29) is 19.0 Å². The molecule has 1 saturated heterocycles. The van der Waals surface area contributed by atoms with Gasteiger partial charge in [-0.1, -0.05) is 0 Å². The monoisotopic (exact) mass is 541 g/mol. The van der Waals surface area contributed by atoms with Crippen LogP contribution < -0.4 is 10.3 Å². The van der Waals surface area contributed by atoms with Crippen molar-refractivity contribution in [2.45, 2.75) is 70.8 Å². The molecule has 1 aromatic heterocycles. The number of carboxylic acid groups (broad SMARTS) is 1. The lowest BCUT2D eigenvalue weighted by Crippen LogP contribution is -2.43. The number of fused-ring (bicyclic) bond motifs is 1. The van der Waals surface area contributed by atoms with Crippen molar-refractivity contribution in [1.82, 2.24) is 9.47 Å². The van der Waals surface area contributed by atoms with Crippen LogP contribution in [-0.2, 0) is 10.9 Å². The minimum absolute atomic E-state index is 0.0423. The lowest BCUT2D eigenvalue weighted by molar-refractivity contribution is -0.136. The highest BCUT2D eigenvalue weighted by atomic mass is 19.4. The fraction of sp³-hybridized carbons (Fsp3) is 0.577. The van der Waals surface area contributed by atoms with Gasteiger partial charge in [0.1, 0.15) is 22.5 Å². The Morgan fingerprint density at radius 2 is 1.82 bits per heavy atom. The highest BCUT2D eigenvalue weighted by molar-refractivity contribution is 5.95. The molecule has 2 fully saturated rings. The molecule has 2 heterocycles. The Balaban J connectivity index is 1.79. The minimum Gasteiger partial charge on any atom is -0.477 e. The van der Waals surface area contributed by atoms with Gasteiger partial charge in [-0.05, 0) is 58.9 Å². The standard InChI is InChI=1S/C26H31F4N3O5/c1-13(31(5)24(37)38-25(2,3)4)14-8-9-32(11-14)21-18(27)10-16-20(19(21)26(28,29)30)33(15-6-7-15)12-17(22(16)34)23(35)36/h10,12-15H,6-9,11H2,1-5H3,(H,35,36)/t13?,14-/m0/s1. The number of benzene rings is 1. The SMILES string of the molecule is CC([C@H]1CCN(c2c(F)cc3c(=O)c(C(=O)O)cn(C4CC4)c3c2C(F)(F)F)C1)N(C)C(=O)OC(C)(C)C. The van der Waals surface area contributed by atoms with Crippen molar-refractivity contribution in [3.05, 3.63) is 39.4 Å². The van der Waals surface area contributed by atoms with E-state index in [9.17, 15) is 32.7 Å². The molecule has 8 nitrogen and oxygen atoms in total. The van der Waals surface area contributed by atoms with Crippen LogP contribution in [0.25, 0.3) is 10.9 Å². The molecule has 2 atom stereocenters. The lowest BCUT2D eigenvalue weighted by Gasteiger charge is -2.32. The molecular weight excluding hydrogens is 510 g/mol. The number of halogens is 4. The third-order valence-corrected chi connectivity index (χ3v) is 7.21. The van der Waals surface area contributed by atoms with Crippen LogP contribution in [0.1, 0.15) is 68.9 Å². The van der Waals surface area contributed by atoms with Crippen LogP contribution in [0.15, 0.2) is 17.1 Å². The first-order chi connectivity index (χ1) is 17.5. The van der Waals surface area contributed by atoms with E-state index in [2.05, 4.69) is 0 Å². The first kappa shape index (κ1) is 27.7. The van der Waals surface area contributed by atoms with Gasteiger partial charge in [0.25, 0.3) is 0 Å². The Kier molecular flexibility index (Phi) is 6.90. The van der Waals surface area contributed by atoms with Crippen LogP contribution >= 0.6 is 0 Å². The molecule has 1 aliphatic carbocycles. The number of carboxylic acids is 1. The molecular formula is C26H31F4N3O5. The highest BCUT2D eigenvalue weighted by Crippen LogP contribution is 2.47. The van der Waals surface area contributed by atoms with Gasteiger partial charge in [0.05, 0.1) is 16.6 Å². The van der Waals surface area contributed by atoms with E-state index < -0.39 is 74.9 Å². The zero-order chi connectivity index (χ0) is 28.3. The molecule has 0 radical (unpaired) electrons. The number of aromatic carboxylic acids is 1. The number of hydrogen-bond acceptors (Lipinski definition) is 5. The van der Waals surface area contributed by atoms with Crippen molar-refractivity contribution in [2.75, 3.05) is 25.0 Å². The lowest BCUT2D eigenvalue weighted by atomic mass is 9.99. The largest absolute Gasteiger partial charge is 0.477 e. The third-order valence-electron chi connectivity index (χ3n) is 7.21. The van der Waals surface area contributed by atoms with Crippen LogP contribution in [0.4, 0.5) is 28.0 Å². The van der Waals surface area contributed by atoms with Gasteiger partial charge < -0.3 is 24.2 Å². The first-order valence-corrected chi connectivity index (χ1v) is 12.4. The summed E-state index contributed by atoms with van der Waals surface area (Å²) < 4.78 is 65.9. The molecule has 1 amide bonds. The molecule has 0 spiro atoms. The number of rotatable bonds is 5. The second-order valence-corrected chi connectivity index (χ2v) is 11.1. The summed E-state index contributed by atoms with van der Waals surface area (Å²) in [6.07, 6.45) is -3.23. The van der Waals surface area contributed by atoms with Crippen molar-refractivity contribution in [1.29, 1.82) is 0 Å². The molecule has 1 saturated carbocycles. The highest BCUT2D eigenvalue weighted by Gasteiger charge is 2.44. The van der Waals surface area contributed by atoms with Gasteiger partial charge in [-0.3, -0.25) is 4.79 Å². The number of alkyl halides is 3. The average molecular weight is 542 g/mol. The molecule has 208 valence electrons. The number of carbonyl (C=O) groups excluding carboxylic acids is 1. The summed E-state index contributed by atoms with van der Waals surface area (Å²) in [5.41, 5.74) is -5.05. The zero-order valence-electron chi connectivity index (χ0n) is 21.9. The first-order valence-electron chi connectivity index (χ1n) is 12.4. The topological polar surface area (TPSA) is 92.1 Å². The van der Waals surface area contributed by atoms with Crippen LogP contribution in [0.3, 0.4) is 0 Å². The fourth-order valence-electron chi connectivity index (χ4n) is 5.05. The maximum atomic E-state index is 15.5. The number of pyridine rings is 1. The van der Waals surface area contributed by atoms with Gasteiger partial charge in [-0.15, -0.1) is 0 Å². The number of anilines is 1. The van der Waals surface area contributed by atoms with Gasteiger partial charge in [-0.2, -0.15) is 13.2 Å². The van der Waals surface area contributed by atoms with Gasteiger partial charge in [0, 0.05) is 38.4 Å². The second kappa shape index (κ2) is 9.46. The number of ether oxygens (including phenoxy) is 1. The van der Waals surface area contributed by atoms with E-state index in [1.165, 1.54) is 14.4 Å². The molecule has 0 bridgehead atoms. The fourth-order valence-corrected chi connectivity index (χ4v) is 5.05.